The van der Waals surface area contributed by atoms with Crippen LogP contribution >= 0.6 is 0 Å². The second kappa shape index (κ2) is 13.0. The van der Waals surface area contributed by atoms with Crippen molar-refractivity contribution in [1.82, 2.24) is 4.98 Å². The number of hydrogen-bond donors (Lipinski definition) is 0. The maximum Gasteiger partial charge on any atom is 0.227 e. The summed E-state index contributed by atoms with van der Waals surface area (Å²) in [5, 5.41) is 6.48. The summed E-state index contributed by atoms with van der Waals surface area (Å²) in [7, 11) is 0. The molecule has 0 aliphatic carbocycles. The monoisotopic (exact) mass is 719 g/mol. The normalized spacial score (nSPS) is 11.6. The zero-order valence-corrected chi connectivity index (χ0v) is 30.2. The molecule has 56 heavy (non-hydrogen) atoms. The van der Waals surface area contributed by atoms with Crippen LogP contribution in [-0.4, -0.2) is 4.98 Å². The third-order valence-electron chi connectivity index (χ3n) is 10.6. The summed E-state index contributed by atoms with van der Waals surface area (Å²) in [4.78, 5) is 9.82. The van der Waals surface area contributed by atoms with Crippen LogP contribution < -0.4 is 9.80 Å². The van der Waals surface area contributed by atoms with Crippen molar-refractivity contribution < 1.29 is 8.83 Å². The van der Waals surface area contributed by atoms with Gasteiger partial charge in [0, 0.05) is 61.2 Å². The van der Waals surface area contributed by atoms with Crippen molar-refractivity contribution in [3.8, 4) is 11.5 Å². The number of furan rings is 1. The predicted molar refractivity (Wildman–Crippen MR) is 231 cm³/mol. The van der Waals surface area contributed by atoms with Gasteiger partial charge in [0.2, 0.25) is 5.89 Å². The lowest BCUT2D eigenvalue weighted by molar-refractivity contribution is 0.623. The number of anilines is 6. The molecule has 0 fully saturated rings. The van der Waals surface area contributed by atoms with Crippen LogP contribution in [0.25, 0.3) is 66.0 Å². The minimum Gasteiger partial charge on any atom is -0.456 e. The molecule has 0 aliphatic heterocycles. The van der Waals surface area contributed by atoms with Crippen LogP contribution in [0.15, 0.2) is 209 Å². The number of oxazole rings is 1. The molecule has 9 aromatic carbocycles. The Morgan fingerprint density at radius 1 is 0.321 bits per heavy atom. The summed E-state index contributed by atoms with van der Waals surface area (Å²) in [6.45, 7) is 0. The molecule has 5 heteroatoms. The summed E-state index contributed by atoms with van der Waals surface area (Å²) < 4.78 is 13.0. The van der Waals surface area contributed by atoms with Gasteiger partial charge in [-0.05, 0) is 108 Å². The Kier molecular flexibility index (Phi) is 7.42. The molecule has 0 N–H and O–H groups in total. The highest BCUT2D eigenvalue weighted by molar-refractivity contribution is 6.23. The van der Waals surface area contributed by atoms with Crippen molar-refractivity contribution >= 4 is 88.7 Å². The average Bonchev–Trinajstić information content (AvgIpc) is 3.88. The molecule has 11 aromatic rings. The highest BCUT2D eigenvalue weighted by Gasteiger charge is 2.21. The van der Waals surface area contributed by atoms with Gasteiger partial charge in [-0.15, -0.1) is 0 Å². The summed E-state index contributed by atoms with van der Waals surface area (Å²) in [6.07, 6.45) is 0. The molecule has 2 heterocycles. The standard InChI is InChI=1S/C51H33N3O2/c1-4-16-35(17-5-1)53(36-18-6-2-7-19-36)39-27-29-43-45(32-39)41-23-10-11-25-44(41)50-49(43)52-51(56-50)34-15-14-22-38(31-34)54(37-20-8-3-9-21-37)40-28-30-48-46(33-40)42-24-12-13-26-47(42)55-48/h1-33H. The second-order valence-corrected chi connectivity index (χ2v) is 14.0. The maximum absolute atomic E-state index is 6.78. The predicted octanol–water partition coefficient (Wildman–Crippen LogP) is 14.6. The number of benzene rings is 9. The lowest BCUT2D eigenvalue weighted by Gasteiger charge is -2.26. The van der Waals surface area contributed by atoms with Crippen molar-refractivity contribution in [2.24, 2.45) is 0 Å². The molecule has 0 radical (unpaired) electrons. The van der Waals surface area contributed by atoms with E-state index in [1.54, 1.807) is 0 Å². The van der Waals surface area contributed by atoms with Gasteiger partial charge in [0.15, 0.2) is 5.58 Å². The highest BCUT2D eigenvalue weighted by Crippen LogP contribution is 2.43. The molecule has 0 amide bonds. The van der Waals surface area contributed by atoms with Gasteiger partial charge in [-0.2, -0.15) is 0 Å². The van der Waals surface area contributed by atoms with Crippen molar-refractivity contribution in [1.29, 1.82) is 0 Å². The molecular weight excluding hydrogens is 687 g/mol. The van der Waals surface area contributed by atoms with Crippen molar-refractivity contribution in [3.63, 3.8) is 0 Å². The summed E-state index contributed by atoms with van der Waals surface area (Å²) in [5.41, 5.74) is 10.6. The van der Waals surface area contributed by atoms with E-state index in [4.69, 9.17) is 13.8 Å². The molecule has 11 rings (SSSR count). The van der Waals surface area contributed by atoms with Crippen LogP contribution in [-0.2, 0) is 0 Å². The number of fused-ring (bicyclic) bond motifs is 9. The molecule has 2 aromatic heterocycles. The van der Waals surface area contributed by atoms with Crippen LogP contribution in [0.1, 0.15) is 0 Å². The van der Waals surface area contributed by atoms with Gasteiger partial charge in [-0.1, -0.05) is 103 Å². The maximum atomic E-state index is 6.78. The first kappa shape index (κ1) is 31.9. The Hall–Kier alpha value is -7.63. The smallest absolute Gasteiger partial charge is 0.227 e. The fraction of sp³-hybridized carbons (Fsp3) is 0. The van der Waals surface area contributed by atoms with E-state index in [2.05, 4.69) is 192 Å². The number of nitrogens with zero attached hydrogens (tertiary/aromatic N) is 3. The van der Waals surface area contributed by atoms with Gasteiger partial charge in [-0.25, -0.2) is 4.98 Å². The Morgan fingerprint density at radius 2 is 0.839 bits per heavy atom. The molecule has 264 valence electrons. The van der Waals surface area contributed by atoms with Gasteiger partial charge in [0.25, 0.3) is 0 Å². The van der Waals surface area contributed by atoms with Crippen LogP contribution in [0.4, 0.5) is 34.1 Å². The van der Waals surface area contributed by atoms with Gasteiger partial charge in [-0.3, -0.25) is 0 Å². The third-order valence-corrected chi connectivity index (χ3v) is 10.6. The minimum atomic E-state index is 0.572. The quantitative estimate of drug-likeness (QED) is 0.153. The van der Waals surface area contributed by atoms with Gasteiger partial charge in [0.05, 0.1) is 0 Å². The molecule has 0 bridgehead atoms. The number of rotatable bonds is 7. The van der Waals surface area contributed by atoms with Crippen LogP contribution in [0.3, 0.4) is 0 Å². The molecule has 0 atom stereocenters. The zero-order chi connectivity index (χ0) is 37.0. The van der Waals surface area contributed by atoms with E-state index >= 15 is 0 Å². The summed E-state index contributed by atoms with van der Waals surface area (Å²) in [6, 6.07) is 69.6. The first-order valence-electron chi connectivity index (χ1n) is 18.8. The molecule has 0 saturated carbocycles. The molecule has 0 unspecified atom stereocenters. The van der Waals surface area contributed by atoms with Gasteiger partial charge in [0.1, 0.15) is 16.7 Å². The van der Waals surface area contributed by atoms with Gasteiger partial charge < -0.3 is 18.6 Å². The molecule has 5 nitrogen and oxygen atoms in total. The lowest BCUT2D eigenvalue weighted by atomic mass is 9.99. The first-order chi connectivity index (χ1) is 27.8. The lowest BCUT2D eigenvalue weighted by Crippen LogP contribution is -2.09. The van der Waals surface area contributed by atoms with Crippen LogP contribution in [0.5, 0.6) is 0 Å². The van der Waals surface area contributed by atoms with Crippen LogP contribution in [0, 0.1) is 0 Å². The molecule has 0 saturated heterocycles. The Labute approximate surface area is 322 Å². The topological polar surface area (TPSA) is 45.7 Å². The van der Waals surface area contributed by atoms with Crippen molar-refractivity contribution in [2.45, 2.75) is 0 Å². The summed E-state index contributed by atoms with van der Waals surface area (Å²) >= 11 is 0. The molecule has 0 spiro atoms. The SMILES string of the molecule is c1ccc(N(c2cccc(-c3nc4c5ccc(N(c6ccccc6)c6ccccc6)cc5c5ccccc5c4o3)c2)c2ccc3oc4ccccc4c3c2)cc1. The van der Waals surface area contributed by atoms with Crippen molar-refractivity contribution in [3.05, 3.63) is 200 Å². The largest absolute Gasteiger partial charge is 0.456 e. The minimum absolute atomic E-state index is 0.572. The third kappa shape index (κ3) is 5.29. The highest BCUT2D eigenvalue weighted by atomic mass is 16.3. The van der Waals surface area contributed by atoms with E-state index < -0.39 is 0 Å². The summed E-state index contributed by atoms with van der Waals surface area (Å²) in [5.74, 6) is 0.572. The van der Waals surface area contributed by atoms with E-state index in [1.165, 1.54) is 0 Å². The van der Waals surface area contributed by atoms with E-state index in [0.29, 0.717) is 5.89 Å². The van der Waals surface area contributed by atoms with Gasteiger partial charge >= 0.3 is 0 Å². The van der Waals surface area contributed by atoms with Crippen molar-refractivity contribution in [2.75, 3.05) is 9.80 Å². The Morgan fingerprint density at radius 3 is 1.54 bits per heavy atom. The second-order valence-electron chi connectivity index (χ2n) is 14.0. The van der Waals surface area contributed by atoms with Crippen LogP contribution in [0.2, 0.25) is 0 Å². The number of hydrogen-bond acceptors (Lipinski definition) is 5. The van der Waals surface area contributed by atoms with E-state index in [9.17, 15) is 0 Å². The molecular formula is C51H33N3O2. The Balaban J connectivity index is 1.06. The van der Waals surface area contributed by atoms with E-state index in [-0.39, 0.29) is 0 Å². The van der Waals surface area contributed by atoms with E-state index in [0.717, 1.165) is 94.3 Å². The number of aromatic nitrogens is 1. The number of para-hydroxylation sites is 4. The molecule has 0 aliphatic rings. The zero-order valence-electron chi connectivity index (χ0n) is 30.2. The van der Waals surface area contributed by atoms with E-state index in [1.807, 2.05) is 18.2 Å². The fourth-order valence-electron chi connectivity index (χ4n) is 8.08. The average molecular weight is 720 g/mol. The first-order valence-corrected chi connectivity index (χ1v) is 18.8. The fourth-order valence-corrected chi connectivity index (χ4v) is 8.08. The Bertz CT molecular complexity index is 3170.